The second-order valence-corrected chi connectivity index (χ2v) is 36.0. The Bertz CT molecular complexity index is 5750. The summed E-state index contributed by atoms with van der Waals surface area (Å²) in [7, 11) is 0. The number of pyridine rings is 3. The summed E-state index contributed by atoms with van der Waals surface area (Å²) >= 11 is 1.70. The molecule has 8 fully saturated rings. The highest BCUT2D eigenvalue weighted by Crippen LogP contribution is 2.47. The number of piperazine rings is 2. The summed E-state index contributed by atoms with van der Waals surface area (Å²) in [5.74, 6) is 4.79. The van der Waals surface area contributed by atoms with E-state index in [-0.39, 0.29) is 60.9 Å². The summed E-state index contributed by atoms with van der Waals surface area (Å²) in [6.07, 6.45) is 2.20. The van der Waals surface area contributed by atoms with E-state index >= 15 is 0 Å². The molecule has 8 N–H and O–H groups in total. The Hall–Kier alpha value is -11.2. The van der Waals surface area contributed by atoms with Gasteiger partial charge in [0.25, 0.3) is 0 Å². The van der Waals surface area contributed by atoms with Crippen LogP contribution in [0.2, 0.25) is 0 Å². The van der Waals surface area contributed by atoms with Crippen LogP contribution < -0.4 is 50.7 Å². The largest absolute Gasteiger partial charge is 0.434 e. The van der Waals surface area contributed by atoms with Crippen molar-refractivity contribution in [2.24, 2.45) is 23.7 Å². The first kappa shape index (κ1) is 93.5. The predicted molar refractivity (Wildman–Crippen MR) is 485 cm³/mol. The number of piperidine rings is 1. The van der Waals surface area contributed by atoms with Crippen molar-refractivity contribution in [2.45, 2.75) is 127 Å². The number of allylic oxidation sites excluding steroid dienone is 2. The van der Waals surface area contributed by atoms with Crippen LogP contribution in [0, 0.1) is 57.7 Å². The molecule has 37 heteroatoms. The molecule has 10 aliphatic rings. The first-order valence-electron chi connectivity index (χ1n) is 44.4. The van der Waals surface area contributed by atoms with Crippen LogP contribution in [0.15, 0.2) is 102 Å². The summed E-state index contributed by atoms with van der Waals surface area (Å²) in [5, 5.41) is 87.1. The molecule has 6 aromatic heterocycles. The fraction of sp³-hybridized carbons (Fsp3) is 0.495. The first-order valence-corrected chi connectivity index (χ1v) is 45.6. The molecule has 0 amide bonds. The second kappa shape index (κ2) is 39.9. The first-order chi connectivity index (χ1) is 62.4. The van der Waals surface area contributed by atoms with Crippen molar-refractivity contribution in [2.75, 3.05) is 190 Å². The molecule has 0 spiro atoms. The van der Waals surface area contributed by atoms with Gasteiger partial charge in [-0.2, -0.15) is 65.4 Å². The van der Waals surface area contributed by atoms with Crippen LogP contribution in [0.5, 0.6) is 0 Å². The van der Waals surface area contributed by atoms with Gasteiger partial charge in [-0.1, -0.05) is 55.8 Å². The zero-order valence-electron chi connectivity index (χ0n) is 73.3. The highest BCUT2D eigenvalue weighted by molar-refractivity contribution is 7.98. The topological polar surface area (TPSA) is 331 Å². The number of para-hydroxylation sites is 2. The molecule has 19 rings (SSSR count). The Kier molecular flexibility index (Phi) is 28.7. The SMILES string of the molecule is CCC1=Cc2nc(C(F)(F)F)c(C#N)c(N3CCC(C)(O)C3)c2C1.CCc1nn(-c2ccccc2)c2cc(N3CC4CNCC4C3)ccc12.CSc1ccccc1Nc1nc(N2CCNCC2)nc2c(NCC3CC3)ncnc12.C[C@]1(O)CCN(c2c(C#N)c(C(F)(F)F)nc3c2CC=C3)C1.N#Cc1c(C(F)(F)F)cc(N2CCN(CCO)CC2)nc1N1CCCC(CO)C1. The smallest absolute Gasteiger partial charge is 0.396 e. The standard InChI is InChI=1S/C21H26N8S.C21H24N4.C19H26F3N5O2.C17H18F3N3O.C15H14F3N3O/c1-30-16-5-3-2-4-15(16)26-20-17-18(19(25-13-24-17)23-12-14-6-7-14)27-21(28-20)29-10-8-22-9-11-29;1-2-20-19-9-8-18(24-13-15-11-22-12-16(15)14-24)10-21(19)25(23-20)17-6-4-3-5-7-17;20-19(21,22)16-10-17(26-6-4-25(5-7-26)8-9-28)24-18(15(16)11-23)27-3-1-2-14(12-27)13-29;1-3-10-6-11-13(7-10)22-15(17(18,19)20)12(8-21)14(11)23-5-4-16(2,24)9-23;1-14(22)5-6-21(8-14)12-9-3-2-4-11(9)20-13(10(12)7-19)15(16,17)18/h2-5,13-14,22H,6-12H2,1H3,(H,23,24,25)(H,26,27,28);3-10,15-16,22H,2,11-14H2,1H3;10,14,28-29H,1-9,12-13H2;7,24H,3-6,9H2,1-2H3;2,4,22H,3,5-6,8H2,1H3/t;;;;14-/m....0/s1. The maximum atomic E-state index is 13.7. The number of nitrogens with zero attached hydrogens (tertiary/aromatic N) is 19. The van der Waals surface area contributed by atoms with Gasteiger partial charge in [-0.25, -0.2) is 34.6 Å². The number of aliphatic hydroxyl groups is 4. The Balaban J connectivity index is 0.000000125. The van der Waals surface area contributed by atoms with Gasteiger partial charge in [0.2, 0.25) is 5.95 Å². The third kappa shape index (κ3) is 21.2. The predicted octanol–water partition coefficient (Wildman–Crippen LogP) is 13.4. The molecule has 3 aliphatic carbocycles. The lowest BCUT2D eigenvalue weighted by atomic mass is 9.98. The maximum absolute atomic E-state index is 13.7. The summed E-state index contributed by atoms with van der Waals surface area (Å²) in [6.45, 7) is 21.5. The number of nitrogens with one attached hydrogen (secondary N) is 4. The van der Waals surface area contributed by atoms with Crippen molar-refractivity contribution in [1.29, 1.82) is 15.8 Å². The molecule has 9 aromatic rings. The number of benzene rings is 3. The lowest BCUT2D eigenvalue weighted by Gasteiger charge is -2.37. The van der Waals surface area contributed by atoms with E-state index in [9.17, 15) is 70.6 Å². The van der Waals surface area contributed by atoms with E-state index in [0.29, 0.717) is 107 Å². The van der Waals surface area contributed by atoms with Crippen LogP contribution in [0.3, 0.4) is 0 Å². The van der Waals surface area contributed by atoms with E-state index < -0.39 is 63.4 Å². The third-order valence-electron chi connectivity index (χ3n) is 25.6. The Morgan fingerprint density at radius 1 is 0.608 bits per heavy atom. The molecule has 1 saturated carbocycles. The third-order valence-corrected chi connectivity index (χ3v) is 26.4. The van der Waals surface area contributed by atoms with Crippen molar-refractivity contribution in [3.63, 3.8) is 0 Å². The van der Waals surface area contributed by atoms with Crippen LogP contribution in [0.25, 0.3) is 39.8 Å². The minimum absolute atomic E-state index is 0.0401. The van der Waals surface area contributed by atoms with Crippen LogP contribution in [-0.4, -0.2) is 232 Å². The quantitative estimate of drug-likeness (QED) is 0.0292. The molecule has 7 saturated heterocycles. The maximum Gasteiger partial charge on any atom is 0.434 e. The van der Waals surface area contributed by atoms with E-state index in [1.807, 2.05) is 24.0 Å². The van der Waals surface area contributed by atoms with Gasteiger partial charge in [0.1, 0.15) is 63.9 Å². The lowest BCUT2D eigenvalue weighted by Crippen LogP contribution is -2.47. The van der Waals surface area contributed by atoms with E-state index in [1.165, 1.54) is 61.3 Å². The van der Waals surface area contributed by atoms with Crippen molar-refractivity contribution in [3.8, 4) is 23.9 Å². The number of fused-ring (bicyclic) bond motifs is 5. The van der Waals surface area contributed by atoms with Gasteiger partial charge in [0.15, 0.2) is 23.0 Å². The number of aromatic nitrogens is 9. The molecular formula is C93H108F9N23O4S. The minimum atomic E-state index is -4.69. The van der Waals surface area contributed by atoms with Gasteiger partial charge in [0.05, 0.1) is 68.7 Å². The molecule has 0 bridgehead atoms. The fourth-order valence-electron chi connectivity index (χ4n) is 18.5. The number of hydrogen-bond donors (Lipinski definition) is 8. The van der Waals surface area contributed by atoms with Crippen molar-refractivity contribution in [1.82, 2.24) is 60.2 Å². The fourth-order valence-corrected chi connectivity index (χ4v) is 19.1. The van der Waals surface area contributed by atoms with Crippen LogP contribution in [0.1, 0.15) is 134 Å². The number of nitriles is 3. The number of anilines is 9. The van der Waals surface area contributed by atoms with Crippen molar-refractivity contribution in [3.05, 3.63) is 159 Å². The average molecular weight is 1820 g/mol. The summed E-state index contributed by atoms with van der Waals surface area (Å²) < 4.78 is 123. The Morgan fingerprint density at radius 2 is 1.26 bits per heavy atom. The van der Waals surface area contributed by atoms with E-state index in [4.69, 9.17) is 20.2 Å². The molecule has 5 atom stereocenters. The van der Waals surface area contributed by atoms with Crippen LogP contribution in [0.4, 0.5) is 91.5 Å². The van der Waals surface area contributed by atoms with Gasteiger partial charge < -0.3 is 71.1 Å². The number of halogens is 9. The molecule has 130 heavy (non-hydrogen) atoms. The monoisotopic (exact) mass is 1810 g/mol. The molecule has 13 heterocycles. The number of aryl methyl sites for hydroxylation is 1. The van der Waals surface area contributed by atoms with Gasteiger partial charge in [-0.05, 0) is 169 Å². The highest BCUT2D eigenvalue weighted by Gasteiger charge is 2.46. The lowest BCUT2D eigenvalue weighted by molar-refractivity contribution is -0.142. The number of alkyl halides is 9. The zero-order valence-corrected chi connectivity index (χ0v) is 74.2. The van der Waals surface area contributed by atoms with Crippen molar-refractivity contribution < 1.29 is 59.9 Å². The Labute approximate surface area is 753 Å². The highest BCUT2D eigenvalue weighted by atomic mass is 32.2. The average Bonchev–Trinajstić information content (AvgIpc) is 1.59. The van der Waals surface area contributed by atoms with Gasteiger partial charge in [-0.15, -0.1) is 11.8 Å². The Morgan fingerprint density at radius 3 is 1.86 bits per heavy atom. The second-order valence-electron chi connectivity index (χ2n) is 35.1. The number of hydrogen-bond acceptors (Lipinski definition) is 27. The van der Waals surface area contributed by atoms with E-state index in [0.717, 1.165) is 127 Å². The summed E-state index contributed by atoms with van der Waals surface area (Å²) in [5.41, 5.74) is 4.21. The molecular weight excluding hydrogens is 1710 g/mol. The van der Waals surface area contributed by atoms with E-state index in [1.54, 1.807) is 88.0 Å². The van der Waals surface area contributed by atoms with Crippen LogP contribution in [-0.2, 0) is 37.8 Å². The molecule has 3 aromatic carbocycles. The number of thioether (sulfide) groups is 1. The summed E-state index contributed by atoms with van der Waals surface area (Å²) in [4.78, 5) is 45.5. The molecule has 7 aliphatic heterocycles. The van der Waals surface area contributed by atoms with E-state index in [2.05, 4.69) is 135 Å². The van der Waals surface area contributed by atoms with Gasteiger partial charge in [-0.3, -0.25) is 4.90 Å². The normalized spacial score (nSPS) is 21.3. The number of aliphatic hydroxyl groups excluding tert-OH is 2. The molecule has 4 unspecified atom stereocenters. The van der Waals surface area contributed by atoms with Gasteiger partial charge >= 0.3 is 18.5 Å². The van der Waals surface area contributed by atoms with Crippen molar-refractivity contribution >= 4 is 97.8 Å². The minimum Gasteiger partial charge on any atom is -0.396 e. The molecule has 0 radical (unpaired) electrons. The molecule has 688 valence electrons. The number of rotatable bonds is 18. The van der Waals surface area contributed by atoms with Crippen LogP contribution >= 0.6 is 11.8 Å². The molecule has 27 nitrogen and oxygen atoms in total. The van der Waals surface area contributed by atoms with Gasteiger partial charge in [0, 0.05) is 165 Å². The zero-order chi connectivity index (χ0) is 92.0. The summed E-state index contributed by atoms with van der Waals surface area (Å²) in [6, 6.07) is 31.7. The number of β-amino-alcohol motifs (C(OH)–C–C–N with tert-alkyl or cyclic N) is 3.